The zero-order valence-corrected chi connectivity index (χ0v) is 19.7. The molecule has 1 N–H and O–H groups in total. The maximum Gasteiger partial charge on any atom is 0.248 e. The van der Waals surface area contributed by atoms with Crippen molar-refractivity contribution in [1.29, 1.82) is 0 Å². The number of rotatable bonds is 4. The number of nitrogens with one attached hydrogen (secondary N) is 1. The largest absolute Gasteiger partial charge is 0.494 e. The Morgan fingerprint density at radius 2 is 1.76 bits per heavy atom. The summed E-state index contributed by atoms with van der Waals surface area (Å²) in [6.07, 6.45) is 2.30. The van der Waals surface area contributed by atoms with Crippen molar-refractivity contribution >= 4 is 20.9 Å². The molecule has 172 valence electrons. The normalized spacial score (nSPS) is 22.3. The fraction of sp³-hybridized carbons (Fsp3) is 0.222. The lowest BCUT2D eigenvalue weighted by atomic mass is 9.93. The summed E-state index contributed by atoms with van der Waals surface area (Å²) < 4.78 is 35.8. The van der Waals surface area contributed by atoms with Crippen LogP contribution >= 0.6 is 0 Å². The first-order chi connectivity index (χ1) is 16.6. The van der Waals surface area contributed by atoms with Gasteiger partial charge in [0.1, 0.15) is 17.3 Å². The Hall–Kier alpha value is -3.26. The number of ether oxygens (including phenoxy) is 1. The summed E-state index contributed by atoms with van der Waals surface area (Å²) in [6.45, 7) is 1.32. The first-order valence-corrected chi connectivity index (χ1v) is 13.0. The molecule has 0 aliphatic carbocycles. The summed E-state index contributed by atoms with van der Waals surface area (Å²) in [5.74, 6) is 0.563. The lowest BCUT2D eigenvalue weighted by Crippen LogP contribution is -3.12. The lowest BCUT2D eigenvalue weighted by Gasteiger charge is -2.32. The van der Waals surface area contributed by atoms with E-state index in [0.717, 1.165) is 18.5 Å². The van der Waals surface area contributed by atoms with Crippen LogP contribution in [0, 0.1) is 0 Å². The van der Waals surface area contributed by atoms with Crippen LogP contribution in [-0.2, 0) is 16.4 Å². The number of aromatic nitrogens is 1. The molecule has 0 radical (unpaired) electrons. The fourth-order valence-electron chi connectivity index (χ4n) is 5.66. The molecule has 3 atom stereocenters. The molecule has 2 aliphatic heterocycles. The van der Waals surface area contributed by atoms with Gasteiger partial charge in [0.05, 0.1) is 25.1 Å². The van der Waals surface area contributed by atoms with Gasteiger partial charge >= 0.3 is 0 Å². The standard InChI is InChI=1S/C27H25N3O3S/c1-33-24-13-14-25(22-12-7-16-28-26(22)24)34(31,32)30-18-23-21-11-6-5-8-19(21)15-17-29(23)27(30)20-9-3-2-4-10-20/h2-14,16,23,27H,15,17-18H2,1H3/p+1/t23-,27+/m1/s1. The van der Waals surface area contributed by atoms with Crippen LogP contribution < -0.4 is 9.64 Å². The van der Waals surface area contributed by atoms with E-state index in [4.69, 9.17) is 4.74 Å². The molecule has 0 bridgehead atoms. The Labute approximate surface area is 199 Å². The van der Waals surface area contributed by atoms with E-state index in [-0.39, 0.29) is 17.1 Å². The minimum atomic E-state index is -3.83. The number of nitrogens with zero attached hydrogens (tertiary/aromatic N) is 2. The number of fused-ring (bicyclic) bond motifs is 4. The molecule has 1 saturated heterocycles. The van der Waals surface area contributed by atoms with Crippen LogP contribution in [0.3, 0.4) is 0 Å². The molecule has 6 rings (SSSR count). The molecule has 1 fully saturated rings. The van der Waals surface area contributed by atoms with Gasteiger partial charge in [-0.1, -0.05) is 54.6 Å². The molecule has 3 aromatic carbocycles. The van der Waals surface area contributed by atoms with E-state index in [2.05, 4.69) is 29.2 Å². The van der Waals surface area contributed by atoms with Crippen LogP contribution in [0.5, 0.6) is 5.75 Å². The Morgan fingerprint density at radius 3 is 2.59 bits per heavy atom. The van der Waals surface area contributed by atoms with E-state index >= 15 is 0 Å². The second-order valence-electron chi connectivity index (χ2n) is 8.88. The topological polar surface area (TPSA) is 63.9 Å². The Morgan fingerprint density at radius 1 is 0.971 bits per heavy atom. The molecule has 2 aliphatic rings. The quantitative estimate of drug-likeness (QED) is 0.496. The highest BCUT2D eigenvalue weighted by Gasteiger charge is 2.52. The van der Waals surface area contributed by atoms with Gasteiger partial charge in [-0.2, -0.15) is 0 Å². The summed E-state index contributed by atoms with van der Waals surface area (Å²) >= 11 is 0. The van der Waals surface area contributed by atoms with E-state index in [1.54, 1.807) is 41.9 Å². The number of sulfonamides is 1. The predicted molar refractivity (Wildman–Crippen MR) is 130 cm³/mol. The molecule has 1 aromatic heterocycles. The van der Waals surface area contributed by atoms with Crippen molar-refractivity contribution in [2.24, 2.45) is 0 Å². The third-order valence-electron chi connectivity index (χ3n) is 7.18. The molecule has 0 spiro atoms. The summed E-state index contributed by atoms with van der Waals surface area (Å²) in [5.41, 5.74) is 4.14. The van der Waals surface area contributed by atoms with Crippen LogP contribution in [-0.4, -0.2) is 37.9 Å². The average molecular weight is 473 g/mol. The van der Waals surface area contributed by atoms with Crippen molar-refractivity contribution in [1.82, 2.24) is 9.29 Å². The second-order valence-corrected chi connectivity index (χ2v) is 10.7. The van der Waals surface area contributed by atoms with Gasteiger partial charge in [0.25, 0.3) is 0 Å². The predicted octanol–water partition coefficient (Wildman–Crippen LogP) is 3.13. The molecular weight excluding hydrogens is 446 g/mol. The number of methoxy groups -OCH3 is 1. The second kappa shape index (κ2) is 8.20. The van der Waals surface area contributed by atoms with Gasteiger partial charge in [-0.3, -0.25) is 4.98 Å². The maximum absolute atomic E-state index is 14.3. The van der Waals surface area contributed by atoms with E-state index in [1.165, 1.54) is 16.0 Å². The highest BCUT2D eigenvalue weighted by molar-refractivity contribution is 7.89. The number of pyridine rings is 1. The van der Waals surface area contributed by atoms with Gasteiger partial charge in [0.15, 0.2) is 6.17 Å². The van der Waals surface area contributed by atoms with E-state index < -0.39 is 10.0 Å². The van der Waals surface area contributed by atoms with Crippen LogP contribution in [0.4, 0.5) is 0 Å². The molecule has 1 unspecified atom stereocenters. The van der Waals surface area contributed by atoms with Crippen molar-refractivity contribution in [3.63, 3.8) is 0 Å². The van der Waals surface area contributed by atoms with E-state index in [9.17, 15) is 8.42 Å². The molecule has 3 heterocycles. The minimum absolute atomic E-state index is 0.0903. The monoisotopic (exact) mass is 472 g/mol. The van der Waals surface area contributed by atoms with E-state index in [1.807, 2.05) is 30.3 Å². The van der Waals surface area contributed by atoms with Crippen molar-refractivity contribution in [3.05, 3.63) is 102 Å². The van der Waals surface area contributed by atoms with Crippen molar-refractivity contribution in [3.8, 4) is 5.75 Å². The SMILES string of the molecule is COc1ccc(S(=O)(=O)N2C[C@@H]3c4ccccc4CC[NH+]3[C@@H]2c2ccccc2)c2cccnc12. The van der Waals surface area contributed by atoms with Crippen LogP contribution in [0.25, 0.3) is 10.9 Å². The fourth-order valence-corrected chi connectivity index (χ4v) is 7.47. The van der Waals surface area contributed by atoms with Gasteiger partial charge < -0.3 is 9.64 Å². The van der Waals surface area contributed by atoms with Crippen molar-refractivity contribution in [2.75, 3.05) is 20.2 Å². The highest BCUT2D eigenvalue weighted by atomic mass is 32.2. The van der Waals surface area contributed by atoms with Gasteiger partial charge in [0, 0.05) is 29.1 Å². The molecule has 0 amide bonds. The Kier molecular flexibility index (Phi) is 5.13. The van der Waals surface area contributed by atoms with Gasteiger partial charge in [-0.25, -0.2) is 8.42 Å². The number of hydrogen-bond acceptors (Lipinski definition) is 4. The smallest absolute Gasteiger partial charge is 0.248 e. The minimum Gasteiger partial charge on any atom is -0.494 e. The third-order valence-corrected chi connectivity index (χ3v) is 9.07. The van der Waals surface area contributed by atoms with Gasteiger partial charge in [0.2, 0.25) is 10.0 Å². The molecule has 6 nitrogen and oxygen atoms in total. The Balaban J connectivity index is 1.52. The van der Waals surface area contributed by atoms with E-state index in [0.29, 0.717) is 23.2 Å². The summed E-state index contributed by atoms with van der Waals surface area (Å²) in [6, 6.07) is 25.5. The van der Waals surface area contributed by atoms with Crippen LogP contribution in [0.1, 0.15) is 28.9 Å². The number of quaternary nitrogens is 1. The molecule has 0 saturated carbocycles. The first-order valence-electron chi connectivity index (χ1n) is 11.5. The van der Waals surface area contributed by atoms with Gasteiger partial charge in [-0.05, 0) is 29.8 Å². The molecule has 34 heavy (non-hydrogen) atoms. The maximum atomic E-state index is 14.3. The zero-order chi connectivity index (χ0) is 23.3. The summed E-state index contributed by atoms with van der Waals surface area (Å²) in [5, 5.41) is 0.578. The number of benzene rings is 3. The molecule has 7 heteroatoms. The zero-order valence-electron chi connectivity index (χ0n) is 18.9. The molecular formula is C27H26N3O3S+. The summed E-state index contributed by atoms with van der Waals surface area (Å²) in [4.78, 5) is 5.97. The number of hydrogen-bond donors (Lipinski definition) is 1. The van der Waals surface area contributed by atoms with Crippen molar-refractivity contribution in [2.45, 2.75) is 23.5 Å². The van der Waals surface area contributed by atoms with Crippen LogP contribution in [0.15, 0.2) is 90.0 Å². The highest BCUT2D eigenvalue weighted by Crippen LogP contribution is 2.37. The van der Waals surface area contributed by atoms with Crippen LogP contribution in [0.2, 0.25) is 0 Å². The van der Waals surface area contributed by atoms with Gasteiger partial charge in [-0.15, -0.1) is 4.31 Å². The Bertz CT molecular complexity index is 1470. The summed E-state index contributed by atoms with van der Waals surface area (Å²) in [7, 11) is -2.26. The lowest BCUT2D eigenvalue weighted by molar-refractivity contribution is -0.953. The first kappa shape index (κ1) is 21.3. The molecule has 4 aromatic rings. The third kappa shape index (κ3) is 3.23. The average Bonchev–Trinajstić information content (AvgIpc) is 3.29. The van der Waals surface area contributed by atoms with Crippen molar-refractivity contribution < 1.29 is 18.1 Å².